The van der Waals surface area contributed by atoms with Crippen LogP contribution in [-0.2, 0) is 0 Å². The maximum Gasteiger partial charge on any atom is 0.143 e. The molecule has 0 N–H and O–H groups in total. The quantitative estimate of drug-likeness (QED) is 0.159. The largest absolute Gasteiger partial charge is 0.455 e. The van der Waals surface area contributed by atoms with Crippen LogP contribution in [0.5, 0.6) is 0 Å². The number of aromatic nitrogens is 1. The van der Waals surface area contributed by atoms with Gasteiger partial charge < -0.3 is 13.9 Å². The molecule has 0 saturated heterocycles. The molecule has 0 spiro atoms. The van der Waals surface area contributed by atoms with E-state index in [9.17, 15) is 0 Å². The van der Waals surface area contributed by atoms with Crippen molar-refractivity contribution >= 4 is 103 Å². The molecule has 11 aromatic carbocycles. The van der Waals surface area contributed by atoms with Crippen LogP contribution in [-0.4, -0.2) is 4.57 Å². The van der Waals surface area contributed by atoms with E-state index in [4.69, 9.17) is 4.42 Å². The number of hydrogen-bond acceptors (Lipinski definition) is 3. The molecule has 0 atom stereocenters. The molecular formula is C64H40N2OS. The fourth-order valence-corrected chi connectivity index (χ4v) is 11.9. The van der Waals surface area contributed by atoms with Crippen LogP contribution < -0.4 is 4.90 Å². The van der Waals surface area contributed by atoms with Crippen LogP contribution in [0.4, 0.5) is 17.1 Å². The zero-order chi connectivity index (χ0) is 44.7. The first-order chi connectivity index (χ1) is 33.7. The van der Waals surface area contributed by atoms with Gasteiger partial charge in [-0.3, -0.25) is 0 Å². The number of rotatable bonds is 7. The van der Waals surface area contributed by atoms with E-state index in [2.05, 4.69) is 246 Å². The summed E-state index contributed by atoms with van der Waals surface area (Å²) in [7, 11) is 0. The Morgan fingerprint density at radius 2 is 1.00 bits per heavy atom. The Hall–Kier alpha value is -8.70. The van der Waals surface area contributed by atoms with Crippen molar-refractivity contribution in [2.45, 2.75) is 0 Å². The Morgan fingerprint density at radius 3 is 1.81 bits per heavy atom. The molecule has 0 aliphatic rings. The molecule has 0 saturated carbocycles. The molecule has 14 rings (SSSR count). The first-order valence-corrected chi connectivity index (χ1v) is 24.0. The van der Waals surface area contributed by atoms with E-state index < -0.39 is 0 Å². The molecule has 3 aromatic heterocycles. The number of thiophene rings is 1. The monoisotopic (exact) mass is 884 g/mol. The van der Waals surface area contributed by atoms with Crippen molar-refractivity contribution in [3.05, 3.63) is 243 Å². The second kappa shape index (κ2) is 15.5. The highest BCUT2D eigenvalue weighted by Crippen LogP contribution is 2.51. The third-order valence-electron chi connectivity index (χ3n) is 13.8. The minimum atomic E-state index is 0.888. The van der Waals surface area contributed by atoms with E-state index in [1.165, 1.54) is 75.0 Å². The fraction of sp³-hybridized carbons (Fsp3) is 0. The SMILES string of the molecule is c1ccc(N(c2ccc(-c3ccc4ccccc4c3)cc2)c2ccc(-c3ccc(-n4c5ccccc5c5ccccc54)cc3)c3sc4ccccc4c23)c(-c2cccc3c2oc2ccccc23)c1. The predicted molar refractivity (Wildman–Crippen MR) is 289 cm³/mol. The third kappa shape index (κ3) is 6.05. The molecule has 14 aromatic rings. The summed E-state index contributed by atoms with van der Waals surface area (Å²) < 4.78 is 11.6. The highest BCUT2D eigenvalue weighted by molar-refractivity contribution is 7.26. The molecule has 0 aliphatic carbocycles. The van der Waals surface area contributed by atoms with Gasteiger partial charge in [-0.25, -0.2) is 0 Å². The van der Waals surface area contributed by atoms with Crippen LogP contribution in [0, 0.1) is 0 Å². The molecule has 3 nitrogen and oxygen atoms in total. The molecule has 0 bridgehead atoms. The van der Waals surface area contributed by atoms with Crippen LogP contribution in [0.3, 0.4) is 0 Å². The highest BCUT2D eigenvalue weighted by atomic mass is 32.1. The van der Waals surface area contributed by atoms with Gasteiger partial charge in [-0.15, -0.1) is 11.3 Å². The van der Waals surface area contributed by atoms with Gasteiger partial charge in [0.25, 0.3) is 0 Å². The fourth-order valence-electron chi connectivity index (χ4n) is 10.7. The maximum atomic E-state index is 6.72. The van der Waals surface area contributed by atoms with Gasteiger partial charge in [0, 0.05) is 64.2 Å². The zero-order valence-electron chi connectivity index (χ0n) is 36.8. The maximum absolute atomic E-state index is 6.72. The standard InChI is InChI=1S/C64H40N2OS/c1-2-15-44-40-45(29-28-41(44)14-1)42-30-34-47(35-31-42)66(58-25-10-5-18-51(58)53-21-13-22-54-52-19-6-11-26-60(52)67-63(53)54)59-39-38-48(64-62(59)55-20-7-12-27-61(55)68-64)43-32-36-46(37-33-43)65-56-23-8-3-16-49(56)50-17-4-9-24-57(50)65/h1-40H. The van der Waals surface area contributed by atoms with Gasteiger partial charge in [-0.1, -0.05) is 176 Å². The average Bonchev–Trinajstić information content (AvgIpc) is 4.10. The number of nitrogens with zero attached hydrogens (tertiary/aromatic N) is 2. The van der Waals surface area contributed by atoms with Crippen molar-refractivity contribution in [2.24, 2.45) is 0 Å². The van der Waals surface area contributed by atoms with Gasteiger partial charge in [0.2, 0.25) is 0 Å². The minimum absolute atomic E-state index is 0.888. The summed E-state index contributed by atoms with van der Waals surface area (Å²) >= 11 is 1.87. The lowest BCUT2D eigenvalue weighted by Gasteiger charge is -2.29. The van der Waals surface area contributed by atoms with Gasteiger partial charge in [0.05, 0.1) is 22.4 Å². The Morgan fingerprint density at radius 1 is 0.382 bits per heavy atom. The summed E-state index contributed by atoms with van der Waals surface area (Å²) in [5, 5.41) is 9.69. The zero-order valence-corrected chi connectivity index (χ0v) is 37.6. The summed E-state index contributed by atoms with van der Waals surface area (Å²) in [6.07, 6.45) is 0. The summed E-state index contributed by atoms with van der Waals surface area (Å²) in [4.78, 5) is 2.47. The predicted octanol–water partition coefficient (Wildman–Crippen LogP) is 18.7. The first kappa shape index (κ1) is 38.6. The van der Waals surface area contributed by atoms with Crippen LogP contribution in [0.15, 0.2) is 247 Å². The first-order valence-electron chi connectivity index (χ1n) is 23.2. The smallest absolute Gasteiger partial charge is 0.143 e. The van der Waals surface area contributed by atoms with Crippen LogP contribution in [0.2, 0.25) is 0 Å². The van der Waals surface area contributed by atoms with Gasteiger partial charge in [-0.05, 0) is 99.8 Å². The Labute approximate surface area is 396 Å². The van der Waals surface area contributed by atoms with Crippen molar-refractivity contribution in [1.82, 2.24) is 4.57 Å². The third-order valence-corrected chi connectivity index (χ3v) is 15.0. The summed E-state index contributed by atoms with van der Waals surface area (Å²) in [5.41, 5.74) is 15.5. The lowest BCUT2D eigenvalue weighted by molar-refractivity contribution is 0.670. The van der Waals surface area contributed by atoms with Crippen molar-refractivity contribution in [3.8, 4) is 39.1 Å². The second-order valence-electron chi connectivity index (χ2n) is 17.6. The van der Waals surface area contributed by atoms with Gasteiger partial charge in [0.1, 0.15) is 11.2 Å². The van der Waals surface area contributed by atoms with Gasteiger partial charge >= 0.3 is 0 Å². The lowest BCUT2D eigenvalue weighted by atomic mass is 9.97. The summed E-state index contributed by atoms with van der Waals surface area (Å²) in [5.74, 6) is 0. The van der Waals surface area contributed by atoms with E-state index in [1.807, 2.05) is 17.4 Å². The Bertz CT molecular complexity index is 4210. The van der Waals surface area contributed by atoms with Crippen LogP contribution in [0.25, 0.3) is 114 Å². The molecule has 0 amide bonds. The van der Waals surface area contributed by atoms with E-state index in [0.29, 0.717) is 0 Å². The van der Waals surface area contributed by atoms with Crippen molar-refractivity contribution in [2.75, 3.05) is 4.90 Å². The number of anilines is 3. The van der Waals surface area contributed by atoms with E-state index >= 15 is 0 Å². The number of fused-ring (bicyclic) bond motifs is 10. The Balaban J connectivity index is 0.969. The van der Waals surface area contributed by atoms with Crippen molar-refractivity contribution in [1.29, 1.82) is 0 Å². The number of furan rings is 1. The molecule has 4 heteroatoms. The van der Waals surface area contributed by atoms with Crippen molar-refractivity contribution < 1.29 is 4.42 Å². The van der Waals surface area contributed by atoms with Crippen LogP contribution in [0.1, 0.15) is 0 Å². The Kier molecular flexibility index (Phi) is 8.76. The minimum Gasteiger partial charge on any atom is -0.455 e. The summed E-state index contributed by atoms with van der Waals surface area (Å²) in [6.45, 7) is 0. The topological polar surface area (TPSA) is 21.3 Å². The van der Waals surface area contributed by atoms with Crippen LogP contribution >= 0.6 is 11.3 Å². The number of benzene rings is 11. The van der Waals surface area contributed by atoms with E-state index in [-0.39, 0.29) is 0 Å². The molecule has 68 heavy (non-hydrogen) atoms. The average molecular weight is 885 g/mol. The molecular weight excluding hydrogens is 845 g/mol. The molecule has 3 heterocycles. The van der Waals surface area contributed by atoms with E-state index in [1.54, 1.807) is 0 Å². The number of hydrogen-bond donors (Lipinski definition) is 0. The lowest BCUT2D eigenvalue weighted by Crippen LogP contribution is -2.11. The molecule has 0 aliphatic heterocycles. The van der Waals surface area contributed by atoms with Crippen molar-refractivity contribution in [3.63, 3.8) is 0 Å². The van der Waals surface area contributed by atoms with E-state index in [0.717, 1.165) is 55.8 Å². The molecule has 0 fully saturated rings. The summed E-state index contributed by atoms with van der Waals surface area (Å²) in [6, 6.07) is 88.2. The molecule has 0 unspecified atom stereocenters. The highest BCUT2D eigenvalue weighted by Gasteiger charge is 2.25. The van der Waals surface area contributed by atoms with Gasteiger partial charge in [-0.2, -0.15) is 0 Å². The normalized spacial score (nSPS) is 11.8. The molecule has 0 radical (unpaired) electrons. The van der Waals surface area contributed by atoms with Gasteiger partial charge in [0.15, 0.2) is 0 Å². The molecule has 318 valence electrons. The second-order valence-corrected chi connectivity index (χ2v) is 18.6. The number of para-hydroxylation sites is 5.